The summed E-state index contributed by atoms with van der Waals surface area (Å²) in [7, 11) is 0. The predicted octanol–water partition coefficient (Wildman–Crippen LogP) is 3.01. The van der Waals surface area contributed by atoms with Gasteiger partial charge in [-0.05, 0) is 13.3 Å². The number of hydrogen-bond donors (Lipinski definition) is 1. The van der Waals surface area contributed by atoms with E-state index in [9.17, 15) is 0 Å². The van der Waals surface area contributed by atoms with E-state index < -0.39 is 0 Å². The minimum atomic E-state index is 0.185. The fourth-order valence-corrected chi connectivity index (χ4v) is 1.24. The van der Waals surface area contributed by atoms with Crippen LogP contribution in [0.15, 0.2) is 11.5 Å². The van der Waals surface area contributed by atoms with Crippen molar-refractivity contribution in [2.45, 2.75) is 53.7 Å². The lowest BCUT2D eigenvalue weighted by molar-refractivity contribution is 0.139. The second kappa shape index (κ2) is 5.92. The zero-order chi connectivity index (χ0) is 9.56. The van der Waals surface area contributed by atoms with Crippen molar-refractivity contribution >= 4 is 0 Å². The average molecular weight is 171 g/mol. The molecule has 1 aliphatic rings. The van der Waals surface area contributed by atoms with Crippen LogP contribution in [0.5, 0.6) is 0 Å². The van der Waals surface area contributed by atoms with Crippen LogP contribution in [0.25, 0.3) is 0 Å². The van der Waals surface area contributed by atoms with Crippen LogP contribution in [-0.2, 0) is 4.74 Å². The van der Waals surface area contributed by atoms with Gasteiger partial charge in [-0.15, -0.1) is 0 Å². The van der Waals surface area contributed by atoms with Crippen LogP contribution in [0, 0.1) is 0 Å². The molecule has 1 unspecified atom stereocenters. The first kappa shape index (κ1) is 11.3. The lowest BCUT2D eigenvalue weighted by atomic mass is 10.2. The van der Waals surface area contributed by atoms with Gasteiger partial charge < -0.3 is 10.1 Å². The van der Waals surface area contributed by atoms with E-state index in [0.29, 0.717) is 0 Å². The van der Waals surface area contributed by atoms with Gasteiger partial charge in [0.15, 0.2) is 6.23 Å². The molecule has 1 N–H and O–H groups in total. The molecule has 0 bridgehead atoms. The van der Waals surface area contributed by atoms with Gasteiger partial charge in [-0.3, -0.25) is 0 Å². The highest BCUT2D eigenvalue weighted by Crippen LogP contribution is 2.19. The Morgan fingerprint density at radius 2 is 1.83 bits per heavy atom. The van der Waals surface area contributed by atoms with Gasteiger partial charge in [0, 0.05) is 6.42 Å². The van der Waals surface area contributed by atoms with Gasteiger partial charge in [-0.25, -0.2) is 0 Å². The van der Waals surface area contributed by atoms with E-state index in [-0.39, 0.29) is 6.23 Å². The van der Waals surface area contributed by atoms with E-state index in [1.165, 1.54) is 5.70 Å². The van der Waals surface area contributed by atoms with Crippen molar-refractivity contribution in [1.29, 1.82) is 0 Å². The lowest BCUT2D eigenvalue weighted by Crippen LogP contribution is -2.19. The first-order chi connectivity index (χ1) is 5.77. The van der Waals surface area contributed by atoms with E-state index in [1.807, 2.05) is 20.8 Å². The number of ether oxygens (including phenoxy) is 1. The SMILES string of the molecule is CC.CCC1=C(CC)OC(C)N1. The molecule has 2 heteroatoms. The highest BCUT2D eigenvalue weighted by molar-refractivity contribution is 5.10. The van der Waals surface area contributed by atoms with Crippen molar-refractivity contribution in [2.75, 3.05) is 0 Å². The van der Waals surface area contributed by atoms with Crippen LogP contribution in [0.3, 0.4) is 0 Å². The average Bonchev–Trinajstić information content (AvgIpc) is 2.49. The van der Waals surface area contributed by atoms with Crippen LogP contribution in [-0.4, -0.2) is 6.23 Å². The molecule has 0 aliphatic carbocycles. The largest absolute Gasteiger partial charge is 0.474 e. The standard InChI is InChI=1S/C8H15NO.C2H6/c1-4-7-8(5-2)10-6(3)9-7;1-2/h6,9H,4-5H2,1-3H3;1-2H3. The third-order valence-corrected chi connectivity index (χ3v) is 1.71. The Bertz CT molecular complexity index is 136. The van der Waals surface area contributed by atoms with Crippen LogP contribution in [0.4, 0.5) is 0 Å². The smallest absolute Gasteiger partial charge is 0.166 e. The second-order valence-electron chi connectivity index (χ2n) is 2.51. The fourth-order valence-electron chi connectivity index (χ4n) is 1.24. The molecule has 0 fully saturated rings. The minimum absolute atomic E-state index is 0.185. The molecule has 72 valence electrons. The van der Waals surface area contributed by atoms with Crippen molar-refractivity contribution in [3.8, 4) is 0 Å². The lowest BCUT2D eigenvalue weighted by Gasteiger charge is -2.04. The Morgan fingerprint density at radius 3 is 2.17 bits per heavy atom. The number of hydrogen-bond acceptors (Lipinski definition) is 2. The molecule has 0 amide bonds. The van der Waals surface area contributed by atoms with Crippen LogP contribution >= 0.6 is 0 Å². The zero-order valence-corrected chi connectivity index (χ0v) is 8.90. The maximum absolute atomic E-state index is 5.48. The zero-order valence-electron chi connectivity index (χ0n) is 8.90. The highest BCUT2D eigenvalue weighted by Gasteiger charge is 2.17. The molecular formula is C10H21NO. The summed E-state index contributed by atoms with van der Waals surface area (Å²) in [6, 6.07) is 0. The first-order valence-corrected chi connectivity index (χ1v) is 4.93. The summed E-state index contributed by atoms with van der Waals surface area (Å²) >= 11 is 0. The van der Waals surface area contributed by atoms with Crippen molar-refractivity contribution in [3.05, 3.63) is 11.5 Å². The van der Waals surface area contributed by atoms with E-state index in [1.54, 1.807) is 0 Å². The molecule has 0 aromatic carbocycles. The van der Waals surface area contributed by atoms with Crippen molar-refractivity contribution < 1.29 is 4.74 Å². The van der Waals surface area contributed by atoms with E-state index in [4.69, 9.17) is 4.74 Å². The third kappa shape index (κ3) is 2.76. The summed E-state index contributed by atoms with van der Waals surface area (Å²) < 4.78 is 5.48. The van der Waals surface area contributed by atoms with Gasteiger partial charge in [-0.2, -0.15) is 0 Å². The summed E-state index contributed by atoms with van der Waals surface area (Å²) in [5.41, 5.74) is 1.27. The van der Waals surface area contributed by atoms with Crippen LogP contribution in [0.1, 0.15) is 47.5 Å². The second-order valence-corrected chi connectivity index (χ2v) is 2.51. The summed E-state index contributed by atoms with van der Waals surface area (Å²) in [5.74, 6) is 1.13. The van der Waals surface area contributed by atoms with Crippen molar-refractivity contribution in [3.63, 3.8) is 0 Å². The Kier molecular flexibility index (Phi) is 5.60. The molecule has 1 rings (SSSR count). The highest BCUT2D eigenvalue weighted by atomic mass is 16.5. The molecule has 0 aromatic heterocycles. The molecule has 0 radical (unpaired) electrons. The van der Waals surface area contributed by atoms with Gasteiger partial charge in [0.25, 0.3) is 0 Å². The predicted molar refractivity (Wildman–Crippen MR) is 52.6 cm³/mol. The summed E-state index contributed by atoms with van der Waals surface area (Å²) in [4.78, 5) is 0. The molecule has 1 atom stereocenters. The normalized spacial score (nSPS) is 20.9. The van der Waals surface area contributed by atoms with Gasteiger partial charge in [0.05, 0.1) is 5.70 Å². The Hall–Kier alpha value is -0.660. The van der Waals surface area contributed by atoms with E-state index >= 15 is 0 Å². The summed E-state index contributed by atoms with van der Waals surface area (Å²) in [5, 5.41) is 3.26. The van der Waals surface area contributed by atoms with Crippen LogP contribution < -0.4 is 5.32 Å². The number of nitrogens with one attached hydrogen (secondary N) is 1. The third-order valence-electron chi connectivity index (χ3n) is 1.71. The van der Waals surface area contributed by atoms with Crippen molar-refractivity contribution in [1.82, 2.24) is 5.32 Å². The molecule has 1 heterocycles. The van der Waals surface area contributed by atoms with Gasteiger partial charge in [0.2, 0.25) is 0 Å². The first-order valence-electron chi connectivity index (χ1n) is 4.93. The quantitative estimate of drug-likeness (QED) is 0.689. The molecule has 1 aliphatic heterocycles. The molecule has 0 saturated carbocycles. The van der Waals surface area contributed by atoms with Gasteiger partial charge >= 0.3 is 0 Å². The topological polar surface area (TPSA) is 21.3 Å². The maximum Gasteiger partial charge on any atom is 0.166 e. The molecule has 2 nitrogen and oxygen atoms in total. The van der Waals surface area contributed by atoms with Crippen molar-refractivity contribution in [2.24, 2.45) is 0 Å². The summed E-state index contributed by atoms with van der Waals surface area (Å²) in [6.45, 7) is 10.3. The maximum atomic E-state index is 5.48. The van der Waals surface area contributed by atoms with Gasteiger partial charge in [0.1, 0.15) is 5.76 Å². The molecule has 0 saturated heterocycles. The Morgan fingerprint density at radius 1 is 1.25 bits per heavy atom. The molecule has 12 heavy (non-hydrogen) atoms. The summed E-state index contributed by atoms with van der Waals surface area (Å²) in [6.07, 6.45) is 2.23. The van der Waals surface area contributed by atoms with Gasteiger partial charge in [-0.1, -0.05) is 27.7 Å². The van der Waals surface area contributed by atoms with E-state index in [0.717, 1.165) is 18.6 Å². The Balaban J connectivity index is 0.000000561. The van der Waals surface area contributed by atoms with Crippen LogP contribution in [0.2, 0.25) is 0 Å². The molecule has 0 spiro atoms. The monoisotopic (exact) mass is 171 g/mol. The minimum Gasteiger partial charge on any atom is -0.474 e. The number of rotatable bonds is 2. The fraction of sp³-hybridized carbons (Fsp3) is 0.800. The van der Waals surface area contributed by atoms with E-state index in [2.05, 4.69) is 19.2 Å². The Labute approximate surface area is 76.0 Å². The number of allylic oxidation sites excluding steroid dienone is 2. The molecule has 0 aromatic rings. The molecular weight excluding hydrogens is 150 g/mol.